The third kappa shape index (κ3) is 3.59. The van der Waals surface area contributed by atoms with E-state index in [1.165, 1.54) is 0 Å². The Morgan fingerprint density at radius 3 is 2.45 bits per heavy atom. The fraction of sp³-hybridized carbons (Fsp3) is 0.647. The summed E-state index contributed by atoms with van der Waals surface area (Å²) in [5.74, 6) is 0.421. The largest absolute Gasteiger partial charge is 0.332 e. The van der Waals surface area contributed by atoms with Crippen LogP contribution in [0, 0.1) is 0 Å². The van der Waals surface area contributed by atoms with E-state index in [2.05, 4.69) is 32.7 Å². The highest BCUT2D eigenvalue weighted by Gasteiger charge is 2.36. The molecule has 3 nitrogen and oxygen atoms in total. The monoisotopic (exact) mass is 276 g/mol. The number of carbonyl (C=O) groups excluding carboxylic acids is 1. The summed E-state index contributed by atoms with van der Waals surface area (Å²) >= 11 is 0. The molecule has 2 rings (SSSR count). The minimum absolute atomic E-state index is 0.0351. The summed E-state index contributed by atoms with van der Waals surface area (Å²) in [4.78, 5) is 18.9. The van der Waals surface area contributed by atoms with Gasteiger partial charge in [-0.05, 0) is 44.7 Å². The average molecular weight is 276 g/mol. The Morgan fingerprint density at radius 2 is 1.95 bits per heavy atom. The van der Waals surface area contributed by atoms with Gasteiger partial charge >= 0.3 is 0 Å². The van der Waals surface area contributed by atoms with Gasteiger partial charge in [-0.3, -0.25) is 4.79 Å². The van der Waals surface area contributed by atoms with Gasteiger partial charge in [0.25, 0.3) is 5.91 Å². The van der Waals surface area contributed by atoms with Crippen LogP contribution in [0.25, 0.3) is 0 Å². The molecule has 1 aliphatic heterocycles. The van der Waals surface area contributed by atoms with Gasteiger partial charge in [0.1, 0.15) is 5.69 Å². The summed E-state index contributed by atoms with van der Waals surface area (Å²) in [5, 5.41) is 0. The molecule has 20 heavy (non-hydrogen) atoms. The topological polar surface area (TPSA) is 33.2 Å². The Balaban J connectivity index is 0.000000956. The molecule has 0 spiro atoms. The molecule has 0 saturated carbocycles. The molecule has 0 bridgehead atoms. The van der Waals surface area contributed by atoms with Crippen LogP contribution in [-0.2, 0) is 0 Å². The molecule has 0 atom stereocenters. The molecular weight excluding hydrogens is 248 g/mol. The van der Waals surface area contributed by atoms with Crippen LogP contribution < -0.4 is 0 Å². The van der Waals surface area contributed by atoms with Crippen molar-refractivity contribution in [2.24, 2.45) is 0 Å². The van der Waals surface area contributed by atoms with Gasteiger partial charge in [0.15, 0.2) is 0 Å². The Morgan fingerprint density at radius 1 is 1.30 bits per heavy atom. The van der Waals surface area contributed by atoms with Crippen LogP contribution in [-0.4, -0.2) is 27.9 Å². The first-order valence-electron chi connectivity index (χ1n) is 7.71. The molecule has 1 aromatic rings. The van der Waals surface area contributed by atoms with Gasteiger partial charge in [-0.25, -0.2) is 4.98 Å². The number of nitrogens with zero attached hydrogens (tertiary/aromatic N) is 2. The quantitative estimate of drug-likeness (QED) is 0.809. The molecular formula is C17H28N2O. The maximum atomic E-state index is 12.5. The Kier molecular flexibility index (Phi) is 5.73. The van der Waals surface area contributed by atoms with Gasteiger partial charge in [-0.15, -0.1) is 0 Å². The summed E-state index contributed by atoms with van der Waals surface area (Å²) < 4.78 is 0. The number of hydrogen-bond donors (Lipinski definition) is 0. The first-order chi connectivity index (χ1) is 9.42. The molecule has 3 heteroatoms. The summed E-state index contributed by atoms with van der Waals surface area (Å²) in [6.07, 6.45) is 2.16. The van der Waals surface area contributed by atoms with Gasteiger partial charge in [-0.1, -0.05) is 33.8 Å². The molecule has 0 radical (unpaired) electrons. The molecule has 1 saturated heterocycles. The molecule has 0 aromatic carbocycles. The lowest BCUT2D eigenvalue weighted by atomic mass is 10.0. The van der Waals surface area contributed by atoms with Crippen LogP contribution in [0.3, 0.4) is 0 Å². The zero-order valence-electron chi connectivity index (χ0n) is 13.7. The predicted molar refractivity (Wildman–Crippen MR) is 84.0 cm³/mol. The fourth-order valence-corrected chi connectivity index (χ4v) is 2.51. The van der Waals surface area contributed by atoms with E-state index in [0.29, 0.717) is 11.6 Å². The first kappa shape index (κ1) is 16.7. The number of hydrogen-bond acceptors (Lipinski definition) is 2. The van der Waals surface area contributed by atoms with Crippen molar-refractivity contribution in [3.8, 4) is 0 Å². The lowest BCUT2D eigenvalue weighted by molar-refractivity contribution is 0.0645. The second-order valence-corrected chi connectivity index (χ2v) is 5.98. The fourth-order valence-electron chi connectivity index (χ4n) is 2.51. The van der Waals surface area contributed by atoms with E-state index in [4.69, 9.17) is 0 Å². The van der Waals surface area contributed by atoms with Gasteiger partial charge in [-0.2, -0.15) is 0 Å². The summed E-state index contributed by atoms with van der Waals surface area (Å²) in [6, 6.07) is 5.73. The Labute approximate surface area is 123 Å². The summed E-state index contributed by atoms with van der Waals surface area (Å²) in [7, 11) is 0. The van der Waals surface area contributed by atoms with E-state index in [1.807, 2.05) is 36.9 Å². The summed E-state index contributed by atoms with van der Waals surface area (Å²) in [6.45, 7) is 13.3. The highest BCUT2D eigenvalue weighted by Crippen LogP contribution is 2.29. The Hall–Kier alpha value is -1.38. The number of amides is 1. The maximum Gasteiger partial charge on any atom is 0.272 e. The van der Waals surface area contributed by atoms with Crippen molar-refractivity contribution in [2.75, 3.05) is 6.54 Å². The molecule has 0 N–H and O–H groups in total. The van der Waals surface area contributed by atoms with Crippen molar-refractivity contribution in [3.63, 3.8) is 0 Å². The van der Waals surface area contributed by atoms with E-state index >= 15 is 0 Å². The third-order valence-electron chi connectivity index (χ3n) is 3.73. The van der Waals surface area contributed by atoms with E-state index in [9.17, 15) is 4.79 Å². The van der Waals surface area contributed by atoms with Crippen molar-refractivity contribution in [1.29, 1.82) is 0 Å². The number of pyridine rings is 1. The number of aromatic nitrogens is 1. The molecule has 0 aliphatic carbocycles. The van der Waals surface area contributed by atoms with Gasteiger partial charge in [0.05, 0.1) is 0 Å². The van der Waals surface area contributed by atoms with Crippen LogP contribution in [0.2, 0.25) is 0 Å². The summed E-state index contributed by atoms with van der Waals surface area (Å²) in [5.41, 5.74) is 1.53. The number of rotatable bonds is 2. The van der Waals surface area contributed by atoms with Gasteiger partial charge in [0.2, 0.25) is 0 Å². The minimum Gasteiger partial charge on any atom is -0.332 e. The standard InChI is InChI=1S/C15H22N2O.C2H6/c1-11(2)12-7-5-8-13(16-12)14(18)17-10-6-9-15(17,3)4;1-2/h5,7-8,11H,6,9-10H2,1-4H3;1-2H3. The second-order valence-electron chi connectivity index (χ2n) is 5.98. The van der Waals surface area contributed by atoms with Crippen LogP contribution >= 0.6 is 0 Å². The smallest absolute Gasteiger partial charge is 0.272 e. The van der Waals surface area contributed by atoms with Crippen molar-refractivity contribution in [1.82, 2.24) is 9.88 Å². The number of carbonyl (C=O) groups is 1. The molecule has 1 aliphatic rings. The Bertz CT molecular complexity index is 452. The predicted octanol–water partition coefficient (Wildman–Crippen LogP) is 4.25. The van der Waals surface area contributed by atoms with Gasteiger partial charge in [0, 0.05) is 17.8 Å². The van der Waals surface area contributed by atoms with E-state index in [0.717, 1.165) is 25.1 Å². The maximum absolute atomic E-state index is 12.5. The lowest BCUT2D eigenvalue weighted by Gasteiger charge is -2.31. The third-order valence-corrected chi connectivity index (χ3v) is 3.73. The highest BCUT2D eigenvalue weighted by atomic mass is 16.2. The van der Waals surface area contributed by atoms with E-state index in [-0.39, 0.29) is 11.4 Å². The van der Waals surface area contributed by atoms with E-state index < -0.39 is 0 Å². The van der Waals surface area contributed by atoms with Crippen LogP contribution in [0.5, 0.6) is 0 Å². The first-order valence-corrected chi connectivity index (χ1v) is 7.71. The molecule has 2 heterocycles. The SMILES string of the molecule is CC.CC(C)c1cccc(C(=O)N2CCCC2(C)C)n1. The second kappa shape index (κ2) is 6.87. The zero-order chi connectivity index (χ0) is 15.3. The average Bonchev–Trinajstić information content (AvgIpc) is 2.80. The van der Waals surface area contributed by atoms with Crippen LogP contribution in [0.1, 0.15) is 76.5 Å². The van der Waals surface area contributed by atoms with Crippen LogP contribution in [0.15, 0.2) is 18.2 Å². The van der Waals surface area contributed by atoms with Crippen LogP contribution in [0.4, 0.5) is 0 Å². The molecule has 112 valence electrons. The molecule has 1 aromatic heterocycles. The molecule has 0 unspecified atom stereocenters. The van der Waals surface area contributed by atoms with E-state index in [1.54, 1.807) is 0 Å². The molecule has 1 amide bonds. The van der Waals surface area contributed by atoms with Crippen molar-refractivity contribution in [3.05, 3.63) is 29.6 Å². The normalized spacial score (nSPS) is 16.9. The van der Waals surface area contributed by atoms with Gasteiger partial charge < -0.3 is 4.90 Å². The van der Waals surface area contributed by atoms with Crippen molar-refractivity contribution in [2.45, 2.75) is 65.8 Å². The van der Waals surface area contributed by atoms with Crippen molar-refractivity contribution >= 4 is 5.91 Å². The number of likely N-dealkylation sites (tertiary alicyclic amines) is 1. The van der Waals surface area contributed by atoms with Crippen molar-refractivity contribution < 1.29 is 4.79 Å². The minimum atomic E-state index is -0.0351. The molecule has 1 fully saturated rings. The zero-order valence-corrected chi connectivity index (χ0v) is 13.7. The lowest BCUT2D eigenvalue weighted by Crippen LogP contribution is -2.43. The highest BCUT2D eigenvalue weighted by molar-refractivity contribution is 5.93.